The van der Waals surface area contributed by atoms with Gasteiger partial charge in [0.25, 0.3) is 0 Å². The van der Waals surface area contributed by atoms with Crippen molar-refractivity contribution < 1.29 is 22.7 Å². The number of carbonyl (C=O) groups is 1. The highest BCUT2D eigenvalue weighted by Gasteiger charge is 2.55. The molecule has 4 aliphatic rings. The number of aromatic nitrogens is 3. The van der Waals surface area contributed by atoms with E-state index in [9.17, 15) is 18.0 Å². The van der Waals surface area contributed by atoms with Crippen molar-refractivity contribution in [2.24, 2.45) is 5.41 Å². The SMILES string of the molecule is O=C(N1CC(OCc2ccc(C(F)(F)F)cc2)C1)N1CC2(CC(n3cnc(C4CC4)n3)C2)C1. The molecule has 2 aliphatic carbocycles. The number of amides is 2. The van der Waals surface area contributed by atoms with Crippen LogP contribution in [-0.4, -0.2) is 62.9 Å². The zero-order valence-corrected chi connectivity index (χ0v) is 18.2. The van der Waals surface area contributed by atoms with Crippen LogP contribution in [0.25, 0.3) is 0 Å². The zero-order chi connectivity index (χ0) is 22.8. The van der Waals surface area contributed by atoms with Gasteiger partial charge in [0.15, 0.2) is 5.82 Å². The molecule has 0 atom stereocenters. The molecule has 4 fully saturated rings. The van der Waals surface area contributed by atoms with Crippen LogP contribution in [-0.2, 0) is 17.5 Å². The van der Waals surface area contributed by atoms with Crippen molar-refractivity contribution in [3.8, 4) is 0 Å². The fraction of sp³-hybridized carbons (Fsp3) is 0.609. The van der Waals surface area contributed by atoms with Crippen molar-refractivity contribution in [3.63, 3.8) is 0 Å². The number of nitrogens with zero attached hydrogens (tertiary/aromatic N) is 5. The second kappa shape index (κ2) is 7.44. The van der Waals surface area contributed by atoms with E-state index in [4.69, 9.17) is 4.74 Å². The quantitative estimate of drug-likeness (QED) is 0.679. The first-order chi connectivity index (χ1) is 15.8. The van der Waals surface area contributed by atoms with Crippen LogP contribution in [0.15, 0.2) is 30.6 Å². The van der Waals surface area contributed by atoms with Crippen LogP contribution in [0.3, 0.4) is 0 Å². The van der Waals surface area contributed by atoms with Crippen LogP contribution >= 0.6 is 0 Å². The fourth-order valence-electron chi connectivity index (χ4n) is 5.18. The first-order valence-corrected chi connectivity index (χ1v) is 11.5. The van der Waals surface area contributed by atoms with Gasteiger partial charge >= 0.3 is 12.2 Å². The summed E-state index contributed by atoms with van der Waals surface area (Å²) in [4.78, 5) is 20.8. The molecule has 33 heavy (non-hydrogen) atoms. The smallest absolute Gasteiger partial charge is 0.370 e. The number of ether oxygens (including phenoxy) is 1. The van der Waals surface area contributed by atoms with Gasteiger partial charge in [0.1, 0.15) is 6.33 Å². The van der Waals surface area contributed by atoms with Crippen LogP contribution in [0, 0.1) is 5.41 Å². The molecular weight excluding hydrogens is 435 g/mol. The topological polar surface area (TPSA) is 63.5 Å². The Morgan fingerprint density at radius 2 is 1.79 bits per heavy atom. The van der Waals surface area contributed by atoms with E-state index in [-0.39, 0.29) is 24.2 Å². The molecule has 6 rings (SSSR count). The third kappa shape index (κ3) is 3.98. The number of carbonyl (C=O) groups excluding carboxylic acids is 1. The lowest BCUT2D eigenvalue weighted by atomic mass is 9.61. The monoisotopic (exact) mass is 461 g/mol. The summed E-state index contributed by atoms with van der Waals surface area (Å²) in [5, 5.41) is 4.64. The summed E-state index contributed by atoms with van der Waals surface area (Å²) in [6.45, 7) is 2.87. The standard InChI is InChI=1S/C23H26F3N5O2/c24-23(25,26)17-5-1-15(2-6-17)11-33-19-9-29(10-19)21(32)30-12-22(13-30)7-18(8-22)31-14-27-20(28-31)16-3-4-16/h1-2,5-6,14,16,18-19H,3-4,7-13H2. The van der Waals surface area contributed by atoms with E-state index in [1.165, 1.54) is 25.0 Å². The largest absolute Gasteiger partial charge is 0.416 e. The minimum Gasteiger partial charge on any atom is -0.370 e. The van der Waals surface area contributed by atoms with Gasteiger partial charge in [-0.05, 0) is 43.4 Å². The maximum atomic E-state index is 12.7. The van der Waals surface area contributed by atoms with Gasteiger partial charge in [-0.15, -0.1) is 0 Å². The van der Waals surface area contributed by atoms with Crippen molar-refractivity contribution in [1.82, 2.24) is 24.6 Å². The molecule has 2 amide bonds. The Balaban J connectivity index is 0.908. The zero-order valence-electron chi connectivity index (χ0n) is 18.2. The van der Waals surface area contributed by atoms with Gasteiger partial charge in [0, 0.05) is 24.4 Å². The lowest BCUT2D eigenvalue weighted by Gasteiger charge is -2.59. The summed E-state index contributed by atoms with van der Waals surface area (Å²) < 4.78 is 45.7. The lowest BCUT2D eigenvalue weighted by molar-refractivity contribution is -0.137. The maximum Gasteiger partial charge on any atom is 0.416 e. The van der Waals surface area contributed by atoms with E-state index in [0.717, 1.165) is 43.9 Å². The molecule has 3 heterocycles. The Kier molecular flexibility index (Phi) is 4.73. The van der Waals surface area contributed by atoms with Crippen LogP contribution < -0.4 is 0 Å². The fourth-order valence-corrected chi connectivity index (χ4v) is 5.18. The Hall–Kier alpha value is -2.62. The maximum absolute atomic E-state index is 12.7. The molecule has 1 aromatic carbocycles. The van der Waals surface area contributed by atoms with E-state index >= 15 is 0 Å². The van der Waals surface area contributed by atoms with Gasteiger partial charge in [0.2, 0.25) is 0 Å². The van der Waals surface area contributed by atoms with E-state index < -0.39 is 11.7 Å². The van der Waals surface area contributed by atoms with E-state index in [1.807, 2.05) is 15.9 Å². The highest BCUT2D eigenvalue weighted by Crippen LogP contribution is 2.54. The summed E-state index contributed by atoms with van der Waals surface area (Å²) in [5.41, 5.74) is 0.254. The third-order valence-electron chi connectivity index (χ3n) is 7.39. The second-order valence-corrected chi connectivity index (χ2v) is 10.1. The number of urea groups is 1. The summed E-state index contributed by atoms with van der Waals surface area (Å²) in [5.74, 6) is 1.55. The number of halogens is 3. The summed E-state index contributed by atoms with van der Waals surface area (Å²) in [6, 6.07) is 5.44. The molecule has 0 N–H and O–H groups in total. The van der Waals surface area contributed by atoms with Crippen molar-refractivity contribution in [1.29, 1.82) is 0 Å². The number of alkyl halides is 3. The van der Waals surface area contributed by atoms with Crippen molar-refractivity contribution >= 4 is 6.03 Å². The normalized spacial score (nSPS) is 22.8. The highest BCUT2D eigenvalue weighted by atomic mass is 19.4. The van der Waals surface area contributed by atoms with Gasteiger partial charge in [0.05, 0.1) is 37.4 Å². The van der Waals surface area contributed by atoms with Crippen LogP contribution in [0.4, 0.5) is 18.0 Å². The van der Waals surface area contributed by atoms with E-state index in [0.29, 0.717) is 30.6 Å². The third-order valence-corrected chi connectivity index (χ3v) is 7.39. The number of likely N-dealkylation sites (tertiary alicyclic amines) is 2. The summed E-state index contributed by atoms with van der Waals surface area (Å²) >= 11 is 0. The summed E-state index contributed by atoms with van der Waals surface area (Å²) in [7, 11) is 0. The minimum atomic E-state index is -4.33. The molecular formula is C23H26F3N5O2. The Morgan fingerprint density at radius 3 is 2.42 bits per heavy atom. The van der Waals surface area contributed by atoms with Crippen LogP contribution in [0.5, 0.6) is 0 Å². The number of benzene rings is 1. The average Bonchev–Trinajstić information content (AvgIpc) is 3.42. The molecule has 2 saturated carbocycles. The van der Waals surface area contributed by atoms with Gasteiger partial charge in [-0.3, -0.25) is 0 Å². The first-order valence-electron chi connectivity index (χ1n) is 11.5. The first kappa shape index (κ1) is 20.9. The van der Waals surface area contributed by atoms with Crippen LogP contribution in [0.2, 0.25) is 0 Å². The number of hydrogen-bond acceptors (Lipinski definition) is 4. The Bertz CT molecular complexity index is 1030. The van der Waals surface area contributed by atoms with Gasteiger partial charge < -0.3 is 14.5 Å². The van der Waals surface area contributed by atoms with E-state index in [1.54, 1.807) is 4.90 Å². The van der Waals surface area contributed by atoms with Crippen molar-refractivity contribution in [3.05, 3.63) is 47.5 Å². The highest BCUT2D eigenvalue weighted by molar-refractivity contribution is 5.76. The molecule has 0 bridgehead atoms. The molecule has 1 spiro atoms. The second-order valence-electron chi connectivity index (χ2n) is 10.1. The molecule has 0 unspecified atom stereocenters. The molecule has 2 saturated heterocycles. The van der Waals surface area contributed by atoms with Gasteiger partial charge in [-0.1, -0.05) is 12.1 Å². The predicted molar refractivity (Wildman–Crippen MR) is 111 cm³/mol. The molecule has 7 nitrogen and oxygen atoms in total. The van der Waals surface area contributed by atoms with E-state index in [2.05, 4.69) is 10.1 Å². The molecule has 176 valence electrons. The predicted octanol–water partition coefficient (Wildman–Crippen LogP) is 3.83. The Morgan fingerprint density at radius 1 is 1.09 bits per heavy atom. The van der Waals surface area contributed by atoms with Crippen molar-refractivity contribution in [2.75, 3.05) is 26.2 Å². The van der Waals surface area contributed by atoms with Crippen molar-refractivity contribution in [2.45, 2.75) is 56.5 Å². The lowest BCUT2D eigenvalue weighted by Crippen LogP contribution is -2.68. The molecule has 1 aromatic heterocycles. The minimum absolute atomic E-state index is 0.0511. The van der Waals surface area contributed by atoms with Gasteiger partial charge in [-0.2, -0.15) is 18.3 Å². The number of rotatable bonds is 5. The molecule has 0 radical (unpaired) electrons. The molecule has 2 aromatic rings. The summed E-state index contributed by atoms with van der Waals surface area (Å²) in [6.07, 6.45) is 1.94. The molecule has 10 heteroatoms. The average molecular weight is 461 g/mol. The molecule has 2 aliphatic heterocycles. The van der Waals surface area contributed by atoms with Gasteiger partial charge in [-0.25, -0.2) is 14.5 Å². The van der Waals surface area contributed by atoms with Crippen LogP contribution in [0.1, 0.15) is 54.6 Å². The number of hydrogen-bond donors (Lipinski definition) is 0. The Labute approximate surface area is 189 Å².